The number of aromatic nitrogens is 3. The Bertz CT molecular complexity index is 755. The molecule has 0 fully saturated rings. The third-order valence-electron chi connectivity index (χ3n) is 3.13. The normalized spacial score (nSPS) is 10.6. The second kappa shape index (κ2) is 5.24. The Labute approximate surface area is 121 Å². The maximum absolute atomic E-state index is 12.3. The van der Waals surface area contributed by atoms with Gasteiger partial charge in [0.05, 0.1) is 11.4 Å². The van der Waals surface area contributed by atoms with E-state index in [4.69, 9.17) is 4.52 Å². The van der Waals surface area contributed by atoms with Crippen LogP contribution >= 0.6 is 0 Å². The maximum atomic E-state index is 12.3. The molecule has 0 spiro atoms. The van der Waals surface area contributed by atoms with Gasteiger partial charge in [0.25, 0.3) is 5.91 Å². The fourth-order valence-corrected chi connectivity index (χ4v) is 2.15. The van der Waals surface area contributed by atoms with Crippen molar-refractivity contribution in [3.63, 3.8) is 0 Å². The van der Waals surface area contributed by atoms with E-state index in [-0.39, 0.29) is 5.91 Å². The minimum atomic E-state index is -0.233. The molecule has 6 nitrogen and oxygen atoms in total. The molecule has 106 valence electrons. The third-order valence-corrected chi connectivity index (χ3v) is 3.13. The summed E-state index contributed by atoms with van der Waals surface area (Å²) in [5.41, 5.74) is 2.61. The van der Waals surface area contributed by atoms with Crippen LogP contribution < -0.4 is 5.32 Å². The lowest BCUT2D eigenvalue weighted by Crippen LogP contribution is -2.13. The monoisotopic (exact) mass is 282 g/mol. The molecule has 0 atom stereocenters. The summed E-state index contributed by atoms with van der Waals surface area (Å²) in [5, 5.41) is 10.8. The van der Waals surface area contributed by atoms with Gasteiger partial charge in [-0.2, -0.15) is 5.10 Å². The van der Waals surface area contributed by atoms with Crippen LogP contribution in [0.2, 0.25) is 0 Å². The molecule has 1 amide bonds. The number of benzene rings is 1. The van der Waals surface area contributed by atoms with Gasteiger partial charge in [-0.15, -0.1) is 0 Å². The van der Waals surface area contributed by atoms with Gasteiger partial charge in [-0.25, -0.2) is 4.68 Å². The molecular weight excluding hydrogens is 268 g/mol. The zero-order valence-corrected chi connectivity index (χ0v) is 11.7. The fraction of sp³-hybridized carbons (Fsp3) is 0.133. The van der Waals surface area contributed by atoms with Crippen LogP contribution in [0.25, 0.3) is 5.69 Å². The summed E-state index contributed by atoms with van der Waals surface area (Å²) in [6, 6.07) is 9.29. The van der Waals surface area contributed by atoms with Gasteiger partial charge in [0.15, 0.2) is 0 Å². The molecule has 0 saturated heterocycles. The standard InChI is InChI=1S/C15H14N4O2/c1-10-14(11(2)21-18-10)15(20)17-12-5-3-6-13(9-12)19-8-4-7-16-19/h3-9H,1-2H3,(H,17,20). The minimum absolute atomic E-state index is 0.233. The number of nitrogens with zero attached hydrogens (tertiary/aromatic N) is 3. The first kappa shape index (κ1) is 13.1. The Morgan fingerprint density at radius 3 is 2.81 bits per heavy atom. The first-order valence-corrected chi connectivity index (χ1v) is 6.49. The van der Waals surface area contributed by atoms with E-state index in [1.54, 1.807) is 24.7 Å². The van der Waals surface area contributed by atoms with Crippen molar-refractivity contribution in [1.82, 2.24) is 14.9 Å². The van der Waals surface area contributed by atoms with Gasteiger partial charge in [0.1, 0.15) is 11.3 Å². The molecule has 0 bridgehead atoms. The Kier molecular flexibility index (Phi) is 3.27. The van der Waals surface area contributed by atoms with E-state index in [0.717, 1.165) is 5.69 Å². The molecule has 3 aromatic rings. The Morgan fingerprint density at radius 2 is 2.14 bits per heavy atom. The zero-order chi connectivity index (χ0) is 14.8. The summed E-state index contributed by atoms with van der Waals surface area (Å²) in [4.78, 5) is 12.3. The predicted octanol–water partition coefficient (Wildman–Crippen LogP) is 2.73. The van der Waals surface area contributed by atoms with Crippen LogP contribution in [0, 0.1) is 13.8 Å². The van der Waals surface area contributed by atoms with Gasteiger partial charge in [0.2, 0.25) is 0 Å². The summed E-state index contributed by atoms with van der Waals surface area (Å²) in [5.74, 6) is 0.275. The van der Waals surface area contributed by atoms with Crippen molar-refractivity contribution in [3.05, 3.63) is 59.7 Å². The molecule has 2 aromatic heterocycles. The van der Waals surface area contributed by atoms with E-state index in [1.165, 1.54) is 0 Å². The molecular formula is C15H14N4O2. The van der Waals surface area contributed by atoms with Crippen molar-refractivity contribution in [2.75, 3.05) is 5.32 Å². The maximum Gasteiger partial charge on any atom is 0.261 e. The number of carbonyl (C=O) groups excluding carboxylic acids is 1. The molecule has 0 saturated carbocycles. The number of carbonyl (C=O) groups is 1. The minimum Gasteiger partial charge on any atom is -0.361 e. The van der Waals surface area contributed by atoms with Crippen molar-refractivity contribution < 1.29 is 9.32 Å². The smallest absolute Gasteiger partial charge is 0.261 e. The molecule has 6 heteroatoms. The molecule has 0 aliphatic carbocycles. The summed E-state index contributed by atoms with van der Waals surface area (Å²) >= 11 is 0. The Morgan fingerprint density at radius 1 is 1.29 bits per heavy atom. The van der Waals surface area contributed by atoms with Gasteiger partial charge in [-0.1, -0.05) is 11.2 Å². The van der Waals surface area contributed by atoms with Crippen molar-refractivity contribution in [1.29, 1.82) is 0 Å². The van der Waals surface area contributed by atoms with Gasteiger partial charge >= 0.3 is 0 Å². The van der Waals surface area contributed by atoms with E-state index < -0.39 is 0 Å². The largest absolute Gasteiger partial charge is 0.361 e. The average Bonchev–Trinajstić information content (AvgIpc) is 3.09. The highest BCUT2D eigenvalue weighted by Crippen LogP contribution is 2.17. The molecule has 3 rings (SSSR count). The topological polar surface area (TPSA) is 73.0 Å². The van der Waals surface area contributed by atoms with Gasteiger partial charge in [-0.05, 0) is 38.1 Å². The van der Waals surface area contributed by atoms with Crippen LogP contribution in [0.1, 0.15) is 21.8 Å². The molecule has 1 N–H and O–H groups in total. The van der Waals surface area contributed by atoms with Crippen LogP contribution in [0.3, 0.4) is 0 Å². The first-order valence-electron chi connectivity index (χ1n) is 6.49. The van der Waals surface area contributed by atoms with Crippen LogP contribution in [-0.4, -0.2) is 20.8 Å². The second-order valence-corrected chi connectivity index (χ2v) is 4.65. The lowest BCUT2D eigenvalue weighted by Gasteiger charge is -2.07. The van der Waals surface area contributed by atoms with E-state index in [0.29, 0.717) is 22.7 Å². The van der Waals surface area contributed by atoms with Crippen LogP contribution in [0.4, 0.5) is 5.69 Å². The molecule has 1 aromatic carbocycles. The van der Waals surface area contributed by atoms with Crippen molar-refractivity contribution >= 4 is 11.6 Å². The predicted molar refractivity (Wildman–Crippen MR) is 77.5 cm³/mol. The molecule has 2 heterocycles. The average molecular weight is 282 g/mol. The number of nitrogens with one attached hydrogen (secondary N) is 1. The highest BCUT2D eigenvalue weighted by molar-refractivity contribution is 6.05. The van der Waals surface area contributed by atoms with E-state index in [2.05, 4.69) is 15.6 Å². The number of rotatable bonds is 3. The van der Waals surface area contributed by atoms with Crippen molar-refractivity contribution in [2.24, 2.45) is 0 Å². The van der Waals surface area contributed by atoms with Crippen LogP contribution in [-0.2, 0) is 0 Å². The summed E-state index contributed by atoms with van der Waals surface area (Å²) in [7, 11) is 0. The van der Waals surface area contributed by atoms with Gasteiger partial charge in [-0.3, -0.25) is 4.79 Å². The number of anilines is 1. The highest BCUT2D eigenvalue weighted by atomic mass is 16.5. The molecule has 0 radical (unpaired) electrons. The molecule has 0 aliphatic heterocycles. The molecule has 0 aliphatic rings. The lowest BCUT2D eigenvalue weighted by atomic mass is 10.2. The molecule has 21 heavy (non-hydrogen) atoms. The summed E-state index contributed by atoms with van der Waals surface area (Å²) < 4.78 is 6.74. The zero-order valence-electron chi connectivity index (χ0n) is 11.7. The van der Waals surface area contributed by atoms with Crippen molar-refractivity contribution in [2.45, 2.75) is 13.8 Å². The molecule has 0 unspecified atom stereocenters. The Balaban J connectivity index is 1.86. The fourth-order valence-electron chi connectivity index (χ4n) is 2.15. The van der Waals surface area contributed by atoms with E-state index >= 15 is 0 Å². The van der Waals surface area contributed by atoms with Crippen LogP contribution in [0.5, 0.6) is 0 Å². The summed E-state index contributed by atoms with van der Waals surface area (Å²) in [6.07, 6.45) is 3.55. The van der Waals surface area contributed by atoms with E-state index in [1.807, 2.05) is 36.5 Å². The second-order valence-electron chi connectivity index (χ2n) is 4.65. The SMILES string of the molecule is Cc1noc(C)c1C(=O)Nc1cccc(-n2cccn2)c1. The number of amides is 1. The lowest BCUT2D eigenvalue weighted by molar-refractivity contribution is 0.102. The van der Waals surface area contributed by atoms with Crippen molar-refractivity contribution in [3.8, 4) is 5.69 Å². The number of aryl methyl sites for hydroxylation is 2. The Hall–Kier alpha value is -2.89. The number of hydrogen-bond donors (Lipinski definition) is 1. The van der Waals surface area contributed by atoms with E-state index in [9.17, 15) is 4.79 Å². The highest BCUT2D eigenvalue weighted by Gasteiger charge is 2.17. The van der Waals surface area contributed by atoms with Gasteiger partial charge < -0.3 is 9.84 Å². The summed E-state index contributed by atoms with van der Waals surface area (Å²) in [6.45, 7) is 3.46. The van der Waals surface area contributed by atoms with Crippen LogP contribution in [0.15, 0.2) is 47.2 Å². The number of hydrogen-bond acceptors (Lipinski definition) is 4. The first-order chi connectivity index (χ1) is 10.1. The third kappa shape index (κ3) is 2.55. The van der Waals surface area contributed by atoms with Gasteiger partial charge in [0, 0.05) is 18.1 Å². The quantitative estimate of drug-likeness (QED) is 0.801.